The van der Waals surface area contributed by atoms with Gasteiger partial charge in [0.25, 0.3) is 5.92 Å². The minimum atomic E-state index is -3.10. The molecule has 0 unspecified atom stereocenters. The largest absolute Gasteiger partial charge is 0.444 e. The normalized spacial score (nSPS) is 28.3. The fourth-order valence-electron chi connectivity index (χ4n) is 5.54. The van der Waals surface area contributed by atoms with Gasteiger partial charge in [-0.1, -0.05) is 24.3 Å². The Morgan fingerprint density at radius 1 is 1.06 bits per heavy atom. The number of aryl methyl sites for hydroxylation is 1. The van der Waals surface area contributed by atoms with Gasteiger partial charge in [-0.15, -0.1) is 0 Å². The zero-order chi connectivity index (χ0) is 25.4. The van der Waals surface area contributed by atoms with E-state index in [1.165, 1.54) is 10.5 Å². The number of nitrogens with zero attached hydrogens (tertiary/aromatic N) is 1. The average molecular weight is 492 g/mol. The molecule has 2 saturated heterocycles. The van der Waals surface area contributed by atoms with Crippen LogP contribution >= 0.6 is 0 Å². The number of hydrogen-bond acceptors (Lipinski definition) is 4. The van der Waals surface area contributed by atoms with Crippen molar-refractivity contribution in [3.8, 4) is 0 Å². The third kappa shape index (κ3) is 5.93. The molecule has 2 fully saturated rings. The number of benzene rings is 1. The second-order valence-corrected chi connectivity index (χ2v) is 10.9. The summed E-state index contributed by atoms with van der Waals surface area (Å²) in [6.07, 6.45) is 1.57. The number of rotatable bonds is 3. The van der Waals surface area contributed by atoms with Gasteiger partial charge in [0.1, 0.15) is 17.7 Å². The van der Waals surface area contributed by atoms with Gasteiger partial charge >= 0.3 is 6.09 Å². The van der Waals surface area contributed by atoms with E-state index in [1.54, 1.807) is 20.8 Å². The first-order chi connectivity index (χ1) is 16.4. The highest BCUT2D eigenvalue weighted by Crippen LogP contribution is 2.37. The van der Waals surface area contributed by atoms with Gasteiger partial charge in [0.05, 0.1) is 6.04 Å². The first-order valence-corrected chi connectivity index (χ1v) is 12.5. The lowest BCUT2D eigenvalue weighted by atomic mass is 9.87. The van der Waals surface area contributed by atoms with Crippen LogP contribution in [0.2, 0.25) is 0 Å². The van der Waals surface area contributed by atoms with E-state index in [2.05, 4.69) is 16.7 Å². The Morgan fingerprint density at radius 3 is 2.54 bits per heavy atom. The number of hydrogen-bond donors (Lipinski definition) is 2. The fraction of sp³-hybridized carbons (Fsp3) is 0.654. The zero-order valence-electron chi connectivity index (χ0n) is 20.6. The molecule has 1 aromatic carbocycles. The molecule has 0 bridgehead atoms. The summed E-state index contributed by atoms with van der Waals surface area (Å²) in [4.78, 5) is 40.7. The Balaban J connectivity index is 1.52. The van der Waals surface area contributed by atoms with E-state index in [-0.39, 0.29) is 18.4 Å². The lowest BCUT2D eigenvalue weighted by molar-refractivity contribution is -0.147. The van der Waals surface area contributed by atoms with E-state index in [4.69, 9.17) is 4.74 Å². The molecule has 0 spiro atoms. The molecule has 9 heteroatoms. The summed E-state index contributed by atoms with van der Waals surface area (Å²) >= 11 is 0. The molecule has 4 atom stereocenters. The van der Waals surface area contributed by atoms with Gasteiger partial charge in [-0.2, -0.15) is 0 Å². The summed E-state index contributed by atoms with van der Waals surface area (Å²) in [6.45, 7) is 4.96. The van der Waals surface area contributed by atoms with Gasteiger partial charge < -0.3 is 20.3 Å². The highest BCUT2D eigenvalue weighted by molar-refractivity contribution is 5.92. The van der Waals surface area contributed by atoms with Crippen molar-refractivity contribution >= 4 is 17.9 Å². The first-order valence-electron chi connectivity index (χ1n) is 12.5. The van der Waals surface area contributed by atoms with E-state index in [0.29, 0.717) is 12.8 Å². The fourth-order valence-corrected chi connectivity index (χ4v) is 5.54. The highest BCUT2D eigenvalue weighted by Gasteiger charge is 2.49. The summed E-state index contributed by atoms with van der Waals surface area (Å²) < 4.78 is 34.4. The van der Waals surface area contributed by atoms with E-state index >= 15 is 0 Å². The number of carbonyl (C=O) groups excluding carboxylic acids is 3. The molecule has 7 nitrogen and oxygen atoms in total. The summed E-state index contributed by atoms with van der Waals surface area (Å²) in [5.41, 5.74) is 1.45. The van der Waals surface area contributed by atoms with Crippen LogP contribution in [0.15, 0.2) is 24.3 Å². The van der Waals surface area contributed by atoms with E-state index in [1.807, 2.05) is 18.2 Å². The molecule has 2 N–H and O–H groups in total. The Bertz CT molecular complexity index is 978. The van der Waals surface area contributed by atoms with Gasteiger partial charge in [0.15, 0.2) is 0 Å². The average Bonchev–Trinajstić information content (AvgIpc) is 3.19. The van der Waals surface area contributed by atoms with Crippen molar-refractivity contribution in [2.45, 2.75) is 108 Å². The molecule has 3 amide bonds. The number of halogens is 2. The zero-order valence-corrected chi connectivity index (χ0v) is 20.6. The molecule has 35 heavy (non-hydrogen) atoms. The van der Waals surface area contributed by atoms with E-state index in [9.17, 15) is 23.2 Å². The van der Waals surface area contributed by atoms with Gasteiger partial charge in [-0.05, 0) is 70.4 Å². The Hall–Kier alpha value is -2.71. The van der Waals surface area contributed by atoms with Crippen molar-refractivity contribution < 1.29 is 27.9 Å². The maximum Gasteiger partial charge on any atom is 0.408 e. The predicted molar refractivity (Wildman–Crippen MR) is 126 cm³/mol. The van der Waals surface area contributed by atoms with Crippen LogP contribution in [0.5, 0.6) is 0 Å². The van der Waals surface area contributed by atoms with Crippen LogP contribution in [0.3, 0.4) is 0 Å². The molecule has 0 radical (unpaired) electrons. The number of alkyl carbamates (subject to hydrolysis) is 1. The second kappa shape index (κ2) is 9.74. The molecular formula is C26H35F2N3O4. The summed E-state index contributed by atoms with van der Waals surface area (Å²) in [5, 5.41) is 5.47. The molecule has 1 aliphatic carbocycles. The molecular weight excluding hydrogens is 456 g/mol. The smallest absolute Gasteiger partial charge is 0.408 e. The monoisotopic (exact) mass is 491 g/mol. The molecule has 2 aliphatic heterocycles. The maximum absolute atomic E-state index is 14.6. The standard InChI is InChI=1S/C26H35F2N3O4/c1-25(2,3)35-24(34)30-20-15-26(27,28)14-13-17-11-12-21(31(17)23(20)33)22(32)29-19-10-6-8-16-7-4-5-9-18(16)19/h4-5,7,9,17,19-21H,6,8,10-15H2,1-3H3,(H,29,32)(H,30,34)/t17-,19-,20+,21+/m1/s1. The number of carbonyl (C=O) groups is 3. The van der Waals surface area contributed by atoms with Gasteiger partial charge in [-0.25, -0.2) is 13.6 Å². The second-order valence-electron chi connectivity index (χ2n) is 10.9. The molecule has 4 rings (SSSR count). The van der Waals surface area contributed by atoms with Crippen molar-refractivity contribution in [3.63, 3.8) is 0 Å². The topological polar surface area (TPSA) is 87.7 Å². The molecule has 0 saturated carbocycles. The van der Waals surface area contributed by atoms with Crippen LogP contribution in [0, 0.1) is 0 Å². The van der Waals surface area contributed by atoms with Crippen molar-refractivity contribution in [1.29, 1.82) is 0 Å². The molecule has 0 aromatic heterocycles. The van der Waals surface area contributed by atoms with E-state index in [0.717, 1.165) is 24.8 Å². The van der Waals surface area contributed by atoms with Crippen LogP contribution in [-0.4, -0.2) is 52.5 Å². The van der Waals surface area contributed by atoms with Gasteiger partial charge in [0, 0.05) is 18.9 Å². The van der Waals surface area contributed by atoms with Crippen LogP contribution in [0.25, 0.3) is 0 Å². The lowest BCUT2D eigenvalue weighted by Crippen LogP contribution is -2.58. The van der Waals surface area contributed by atoms with Crippen molar-refractivity contribution in [1.82, 2.24) is 15.5 Å². The molecule has 192 valence electrons. The third-order valence-corrected chi connectivity index (χ3v) is 7.08. The van der Waals surface area contributed by atoms with Crippen LogP contribution in [-0.2, 0) is 20.7 Å². The van der Waals surface area contributed by atoms with Crippen molar-refractivity contribution in [2.75, 3.05) is 0 Å². The summed E-state index contributed by atoms with van der Waals surface area (Å²) in [6, 6.07) is 5.18. The quantitative estimate of drug-likeness (QED) is 0.662. The van der Waals surface area contributed by atoms with Crippen LogP contribution in [0.1, 0.15) is 82.9 Å². The Labute approximate surface area is 205 Å². The van der Waals surface area contributed by atoms with E-state index < -0.39 is 54.5 Å². The first kappa shape index (κ1) is 25.4. The maximum atomic E-state index is 14.6. The summed E-state index contributed by atoms with van der Waals surface area (Å²) in [5.74, 6) is -4.03. The molecule has 1 aromatic rings. The number of amides is 3. The number of alkyl halides is 2. The van der Waals surface area contributed by atoms with Crippen molar-refractivity contribution in [3.05, 3.63) is 35.4 Å². The Kier molecular flexibility index (Phi) is 7.06. The molecule has 2 heterocycles. The lowest BCUT2D eigenvalue weighted by Gasteiger charge is -2.38. The Morgan fingerprint density at radius 2 is 1.80 bits per heavy atom. The van der Waals surface area contributed by atoms with Gasteiger partial charge in [0.2, 0.25) is 11.8 Å². The summed E-state index contributed by atoms with van der Waals surface area (Å²) in [7, 11) is 0. The van der Waals surface area contributed by atoms with Crippen LogP contribution in [0.4, 0.5) is 13.6 Å². The number of nitrogens with one attached hydrogen (secondary N) is 2. The van der Waals surface area contributed by atoms with Crippen LogP contribution < -0.4 is 10.6 Å². The van der Waals surface area contributed by atoms with Gasteiger partial charge in [-0.3, -0.25) is 9.59 Å². The predicted octanol–water partition coefficient (Wildman–Crippen LogP) is 4.25. The SMILES string of the molecule is CC(C)(C)OC(=O)N[C@H]1CC(F)(F)CC[C@H]2CC[C@@H](C(=O)N[C@@H]3CCCc4ccccc43)N2C1=O. The van der Waals surface area contributed by atoms with Crippen molar-refractivity contribution in [2.24, 2.45) is 0 Å². The number of ether oxygens (including phenoxy) is 1. The minimum absolute atomic E-state index is 0.119. The number of fused-ring (bicyclic) bond motifs is 2. The molecule has 3 aliphatic rings. The minimum Gasteiger partial charge on any atom is -0.444 e. The third-order valence-electron chi connectivity index (χ3n) is 7.08. The highest BCUT2D eigenvalue weighted by atomic mass is 19.3.